The topological polar surface area (TPSA) is 46.5 Å². The van der Waals surface area contributed by atoms with E-state index in [1.54, 1.807) is 12.1 Å². The fourth-order valence-corrected chi connectivity index (χ4v) is 2.07. The number of benzene rings is 1. The van der Waals surface area contributed by atoms with E-state index < -0.39 is 5.97 Å². The molecule has 0 unspecified atom stereocenters. The van der Waals surface area contributed by atoms with Gasteiger partial charge in [0.2, 0.25) is 0 Å². The van der Waals surface area contributed by atoms with Crippen LogP contribution in [0.15, 0.2) is 18.2 Å². The zero-order valence-electron chi connectivity index (χ0n) is 9.61. The molecule has 0 aromatic heterocycles. The minimum atomic E-state index is -1.02. The predicted molar refractivity (Wildman–Crippen MR) is 71.5 cm³/mol. The Morgan fingerprint density at radius 2 is 2.29 bits per heavy atom. The van der Waals surface area contributed by atoms with Crippen LogP contribution < -0.4 is 4.74 Å². The molecule has 0 amide bonds. The standard InChI is InChI=1S/C12H15ClO3S/c1-2-17-7-3-6-16-11-5-4-9(13)8-10(11)12(14)15/h4-5,8H,2-3,6-7H2,1H3,(H,14,15). The molecule has 0 heterocycles. The van der Waals surface area contributed by atoms with Gasteiger partial charge < -0.3 is 9.84 Å². The maximum atomic E-state index is 11.0. The SMILES string of the molecule is CCSCCCOc1ccc(Cl)cc1C(=O)O. The summed E-state index contributed by atoms with van der Waals surface area (Å²) in [5.74, 6) is 1.46. The van der Waals surface area contributed by atoms with Gasteiger partial charge in [-0.15, -0.1) is 0 Å². The molecule has 0 atom stereocenters. The molecule has 3 nitrogen and oxygen atoms in total. The van der Waals surface area contributed by atoms with Crippen LogP contribution in [0.4, 0.5) is 0 Å². The molecule has 17 heavy (non-hydrogen) atoms. The van der Waals surface area contributed by atoms with Gasteiger partial charge in [0.15, 0.2) is 0 Å². The van der Waals surface area contributed by atoms with Crippen LogP contribution in [0.5, 0.6) is 5.75 Å². The van der Waals surface area contributed by atoms with Crippen LogP contribution >= 0.6 is 23.4 Å². The van der Waals surface area contributed by atoms with Crippen molar-refractivity contribution in [3.8, 4) is 5.75 Å². The molecule has 0 aliphatic rings. The molecular formula is C12H15ClO3S. The number of aromatic carboxylic acids is 1. The highest BCUT2D eigenvalue weighted by Crippen LogP contribution is 2.23. The number of carboxylic acid groups (broad SMARTS) is 1. The Bertz CT molecular complexity index is 382. The van der Waals surface area contributed by atoms with E-state index in [0.29, 0.717) is 17.4 Å². The molecule has 1 rings (SSSR count). The van der Waals surface area contributed by atoms with Crippen LogP contribution in [0.25, 0.3) is 0 Å². The smallest absolute Gasteiger partial charge is 0.339 e. The third-order valence-corrected chi connectivity index (χ3v) is 3.29. The van der Waals surface area contributed by atoms with Gasteiger partial charge in [0.05, 0.1) is 6.61 Å². The Labute approximate surface area is 110 Å². The van der Waals surface area contributed by atoms with Crippen molar-refractivity contribution in [1.29, 1.82) is 0 Å². The lowest BCUT2D eigenvalue weighted by Crippen LogP contribution is -2.05. The molecule has 0 saturated carbocycles. The molecule has 0 fully saturated rings. The normalized spacial score (nSPS) is 10.2. The van der Waals surface area contributed by atoms with Crippen LogP contribution in [0.1, 0.15) is 23.7 Å². The van der Waals surface area contributed by atoms with Crippen molar-refractivity contribution in [2.75, 3.05) is 18.1 Å². The van der Waals surface area contributed by atoms with Gasteiger partial charge in [0.25, 0.3) is 0 Å². The highest BCUT2D eigenvalue weighted by Gasteiger charge is 2.11. The zero-order valence-corrected chi connectivity index (χ0v) is 11.2. The number of thioether (sulfide) groups is 1. The summed E-state index contributed by atoms with van der Waals surface area (Å²) in [7, 11) is 0. The van der Waals surface area contributed by atoms with Gasteiger partial charge in [0, 0.05) is 5.02 Å². The number of hydrogen-bond donors (Lipinski definition) is 1. The van der Waals surface area contributed by atoms with Crippen LogP contribution in [-0.2, 0) is 0 Å². The molecule has 0 aliphatic heterocycles. The van der Waals surface area contributed by atoms with E-state index in [1.165, 1.54) is 6.07 Å². The van der Waals surface area contributed by atoms with Gasteiger partial charge in [-0.05, 0) is 36.1 Å². The molecule has 0 radical (unpaired) electrons. The molecule has 0 bridgehead atoms. The Morgan fingerprint density at radius 1 is 1.53 bits per heavy atom. The second-order valence-electron chi connectivity index (χ2n) is 3.34. The van der Waals surface area contributed by atoms with Crippen molar-refractivity contribution >= 4 is 29.3 Å². The second kappa shape index (κ2) is 7.45. The van der Waals surface area contributed by atoms with Crippen molar-refractivity contribution in [3.05, 3.63) is 28.8 Å². The summed E-state index contributed by atoms with van der Waals surface area (Å²) in [5, 5.41) is 9.39. The molecular weight excluding hydrogens is 260 g/mol. The van der Waals surface area contributed by atoms with E-state index in [-0.39, 0.29) is 5.56 Å². The summed E-state index contributed by atoms with van der Waals surface area (Å²) in [5.41, 5.74) is 0.112. The highest BCUT2D eigenvalue weighted by atomic mass is 35.5. The molecule has 0 spiro atoms. The molecule has 5 heteroatoms. The van der Waals surface area contributed by atoms with Crippen LogP contribution in [0, 0.1) is 0 Å². The number of carbonyl (C=O) groups is 1. The van der Waals surface area contributed by atoms with Crippen molar-refractivity contribution in [2.45, 2.75) is 13.3 Å². The first-order valence-electron chi connectivity index (χ1n) is 5.38. The average molecular weight is 275 g/mol. The van der Waals surface area contributed by atoms with E-state index in [2.05, 4.69) is 6.92 Å². The Hall–Kier alpha value is -0.870. The molecule has 94 valence electrons. The summed E-state index contributed by atoms with van der Waals surface area (Å²) >= 11 is 7.58. The van der Waals surface area contributed by atoms with Gasteiger partial charge in [0.1, 0.15) is 11.3 Å². The van der Waals surface area contributed by atoms with E-state index in [1.807, 2.05) is 11.8 Å². The maximum Gasteiger partial charge on any atom is 0.339 e. The minimum Gasteiger partial charge on any atom is -0.493 e. The first-order chi connectivity index (χ1) is 8.15. The van der Waals surface area contributed by atoms with Crippen molar-refractivity contribution in [3.63, 3.8) is 0 Å². The quantitative estimate of drug-likeness (QED) is 0.772. The first kappa shape index (κ1) is 14.2. The van der Waals surface area contributed by atoms with E-state index >= 15 is 0 Å². The Kier molecular flexibility index (Phi) is 6.22. The Balaban J connectivity index is 2.55. The summed E-state index contributed by atoms with van der Waals surface area (Å²) in [6.45, 7) is 2.63. The summed E-state index contributed by atoms with van der Waals surface area (Å²) in [6, 6.07) is 4.63. The van der Waals surface area contributed by atoms with Crippen LogP contribution in [0.3, 0.4) is 0 Å². The highest BCUT2D eigenvalue weighted by molar-refractivity contribution is 7.99. The third kappa shape index (κ3) is 4.88. The number of halogens is 1. The van der Waals surface area contributed by atoms with E-state index in [9.17, 15) is 4.79 Å². The van der Waals surface area contributed by atoms with Gasteiger partial charge >= 0.3 is 5.97 Å². The van der Waals surface area contributed by atoms with Gasteiger partial charge in [-0.1, -0.05) is 18.5 Å². The molecule has 0 saturated heterocycles. The van der Waals surface area contributed by atoms with E-state index in [0.717, 1.165) is 17.9 Å². The summed E-state index contributed by atoms with van der Waals surface area (Å²) in [6.07, 6.45) is 0.903. The molecule has 0 aliphatic carbocycles. The first-order valence-corrected chi connectivity index (χ1v) is 6.91. The van der Waals surface area contributed by atoms with Crippen LogP contribution in [-0.4, -0.2) is 29.2 Å². The predicted octanol–water partition coefficient (Wildman–Crippen LogP) is 3.56. The Morgan fingerprint density at radius 3 is 2.94 bits per heavy atom. The second-order valence-corrected chi connectivity index (χ2v) is 5.17. The largest absolute Gasteiger partial charge is 0.493 e. The summed E-state index contributed by atoms with van der Waals surface area (Å²) < 4.78 is 5.45. The molecule has 1 N–H and O–H groups in total. The zero-order chi connectivity index (χ0) is 12.7. The van der Waals surface area contributed by atoms with Gasteiger partial charge in [-0.3, -0.25) is 0 Å². The molecule has 1 aromatic rings. The number of carboxylic acids is 1. The summed E-state index contributed by atoms with van der Waals surface area (Å²) in [4.78, 5) is 11.0. The number of ether oxygens (including phenoxy) is 1. The van der Waals surface area contributed by atoms with Gasteiger partial charge in [-0.25, -0.2) is 4.79 Å². The van der Waals surface area contributed by atoms with E-state index in [4.69, 9.17) is 21.4 Å². The maximum absolute atomic E-state index is 11.0. The fourth-order valence-electron chi connectivity index (χ4n) is 1.28. The lowest BCUT2D eigenvalue weighted by molar-refractivity contribution is 0.0692. The fraction of sp³-hybridized carbons (Fsp3) is 0.417. The lowest BCUT2D eigenvalue weighted by atomic mass is 10.2. The minimum absolute atomic E-state index is 0.112. The third-order valence-electron chi connectivity index (χ3n) is 2.07. The van der Waals surface area contributed by atoms with Crippen LogP contribution in [0.2, 0.25) is 5.02 Å². The van der Waals surface area contributed by atoms with Crippen molar-refractivity contribution in [2.24, 2.45) is 0 Å². The van der Waals surface area contributed by atoms with Crippen molar-refractivity contribution < 1.29 is 14.6 Å². The monoisotopic (exact) mass is 274 g/mol. The van der Waals surface area contributed by atoms with Crippen molar-refractivity contribution in [1.82, 2.24) is 0 Å². The lowest BCUT2D eigenvalue weighted by Gasteiger charge is -2.09. The number of hydrogen-bond acceptors (Lipinski definition) is 3. The molecule has 1 aromatic carbocycles. The van der Waals surface area contributed by atoms with Gasteiger partial charge in [-0.2, -0.15) is 11.8 Å². The number of rotatable bonds is 7. The average Bonchev–Trinajstić information content (AvgIpc) is 2.30.